The number of carbonyl (C=O) groups excluding carboxylic acids is 3. The van der Waals surface area contributed by atoms with E-state index in [-0.39, 0.29) is 23.6 Å². The third-order valence-corrected chi connectivity index (χ3v) is 6.98. The zero-order chi connectivity index (χ0) is 23.7. The molecule has 3 aromatic rings. The van der Waals surface area contributed by atoms with Crippen LogP contribution in [-0.4, -0.2) is 64.7 Å². The number of nitrogens with one attached hydrogen (secondary N) is 2. The number of aromatic nitrogens is 1. The molecular formula is C26H27ClN4O3. The van der Waals surface area contributed by atoms with Crippen LogP contribution in [0.5, 0.6) is 0 Å². The number of H-pyrrole nitrogens is 1. The number of rotatable bonds is 6. The van der Waals surface area contributed by atoms with Gasteiger partial charge in [-0.1, -0.05) is 41.9 Å². The van der Waals surface area contributed by atoms with E-state index in [1.807, 2.05) is 35.4 Å². The second kappa shape index (κ2) is 9.50. The fraction of sp³-hybridized carbons (Fsp3) is 0.346. The minimum atomic E-state index is -0.756. The van der Waals surface area contributed by atoms with Crippen LogP contribution in [0.15, 0.2) is 54.7 Å². The first kappa shape index (κ1) is 22.5. The van der Waals surface area contributed by atoms with Crippen molar-refractivity contribution in [3.8, 4) is 0 Å². The minimum Gasteiger partial charge on any atom is -0.361 e. The smallest absolute Gasteiger partial charge is 0.253 e. The molecule has 1 aromatic heterocycles. The van der Waals surface area contributed by atoms with Crippen LogP contribution in [0.1, 0.15) is 28.8 Å². The average molecular weight is 479 g/mol. The molecule has 34 heavy (non-hydrogen) atoms. The number of piperazine rings is 1. The van der Waals surface area contributed by atoms with Crippen LogP contribution in [0.3, 0.4) is 0 Å². The molecule has 1 saturated heterocycles. The fourth-order valence-corrected chi connectivity index (χ4v) is 4.78. The van der Waals surface area contributed by atoms with E-state index >= 15 is 0 Å². The molecule has 1 aliphatic heterocycles. The van der Waals surface area contributed by atoms with E-state index in [2.05, 4.69) is 10.3 Å². The molecule has 0 radical (unpaired) electrons. The lowest BCUT2D eigenvalue weighted by Crippen LogP contribution is -2.56. The largest absolute Gasteiger partial charge is 0.361 e. The molecule has 1 saturated carbocycles. The van der Waals surface area contributed by atoms with Gasteiger partial charge in [0, 0.05) is 55.6 Å². The summed E-state index contributed by atoms with van der Waals surface area (Å²) in [7, 11) is 0. The van der Waals surface area contributed by atoms with Crippen molar-refractivity contribution in [2.24, 2.45) is 5.92 Å². The number of fused-ring (bicyclic) bond motifs is 1. The molecule has 7 nitrogen and oxygen atoms in total. The third-order valence-electron chi connectivity index (χ3n) is 6.65. The predicted molar refractivity (Wildman–Crippen MR) is 131 cm³/mol. The number of halogens is 1. The maximum Gasteiger partial charge on any atom is 0.253 e. The second-order valence-electron chi connectivity index (χ2n) is 8.99. The van der Waals surface area contributed by atoms with Crippen molar-refractivity contribution in [1.82, 2.24) is 20.1 Å². The molecule has 2 aliphatic rings. The molecule has 2 N–H and O–H groups in total. The summed E-state index contributed by atoms with van der Waals surface area (Å²) in [6.07, 6.45) is 4.18. The van der Waals surface area contributed by atoms with Crippen molar-refractivity contribution in [2.45, 2.75) is 25.3 Å². The van der Waals surface area contributed by atoms with Gasteiger partial charge in [-0.2, -0.15) is 0 Å². The quantitative estimate of drug-likeness (QED) is 0.570. The molecule has 0 bridgehead atoms. The van der Waals surface area contributed by atoms with Crippen LogP contribution in [0, 0.1) is 5.92 Å². The average Bonchev–Trinajstić information content (AvgIpc) is 3.64. The summed E-state index contributed by atoms with van der Waals surface area (Å²) in [6.45, 7) is 1.98. The van der Waals surface area contributed by atoms with Crippen LogP contribution in [0.25, 0.3) is 10.9 Å². The van der Waals surface area contributed by atoms with Crippen molar-refractivity contribution in [3.63, 3.8) is 0 Å². The van der Waals surface area contributed by atoms with Gasteiger partial charge in [0.2, 0.25) is 11.8 Å². The number of hydrogen-bond acceptors (Lipinski definition) is 3. The standard InChI is InChI=1S/C26H27ClN4O3/c27-21-7-3-1-6-20(21)24(32)29-23(15-18-16-28-22-8-4-2-5-19(18)22)26(34)31-13-11-30(12-14-31)25(33)17-9-10-17/h1-8,16-17,23,28H,9-15H2,(H,29,32)/t23-/m0/s1. The normalized spacial score (nSPS) is 17.0. The Morgan fingerprint density at radius 1 is 0.971 bits per heavy atom. The summed E-state index contributed by atoms with van der Waals surface area (Å²) in [4.78, 5) is 45.9. The van der Waals surface area contributed by atoms with Gasteiger partial charge in [0.15, 0.2) is 0 Å². The monoisotopic (exact) mass is 478 g/mol. The molecule has 8 heteroatoms. The predicted octanol–water partition coefficient (Wildman–Crippen LogP) is 3.24. The Kier molecular flexibility index (Phi) is 6.28. The Morgan fingerprint density at radius 2 is 1.65 bits per heavy atom. The molecule has 176 valence electrons. The van der Waals surface area contributed by atoms with Gasteiger partial charge in [-0.15, -0.1) is 0 Å². The van der Waals surface area contributed by atoms with Gasteiger partial charge in [-0.25, -0.2) is 0 Å². The van der Waals surface area contributed by atoms with Crippen molar-refractivity contribution < 1.29 is 14.4 Å². The molecule has 2 fully saturated rings. The van der Waals surface area contributed by atoms with Crippen LogP contribution in [-0.2, 0) is 16.0 Å². The lowest BCUT2D eigenvalue weighted by Gasteiger charge is -2.36. The van der Waals surface area contributed by atoms with E-state index < -0.39 is 6.04 Å². The van der Waals surface area contributed by atoms with Crippen molar-refractivity contribution in [1.29, 1.82) is 0 Å². The first-order chi connectivity index (χ1) is 16.5. The van der Waals surface area contributed by atoms with E-state index in [1.165, 1.54) is 0 Å². The summed E-state index contributed by atoms with van der Waals surface area (Å²) in [5.74, 6) is -0.156. The number of benzene rings is 2. The fourth-order valence-electron chi connectivity index (χ4n) is 4.56. The molecular weight excluding hydrogens is 452 g/mol. The zero-order valence-electron chi connectivity index (χ0n) is 18.8. The highest BCUT2D eigenvalue weighted by Crippen LogP contribution is 2.31. The maximum atomic E-state index is 13.6. The van der Waals surface area contributed by atoms with E-state index in [4.69, 9.17) is 11.6 Å². The first-order valence-corrected chi connectivity index (χ1v) is 12.1. The Balaban J connectivity index is 1.34. The Bertz CT molecular complexity index is 1230. The molecule has 1 aliphatic carbocycles. The number of hydrogen-bond donors (Lipinski definition) is 2. The molecule has 0 spiro atoms. The van der Waals surface area contributed by atoms with Crippen molar-refractivity contribution >= 4 is 40.2 Å². The summed E-state index contributed by atoms with van der Waals surface area (Å²) in [5, 5.41) is 4.29. The number of para-hydroxylation sites is 1. The molecule has 3 amide bonds. The second-order valence-corrected chi connectivity index (χ2v) is 9.40. The summed E-state index contributed by atoms with van der Waals surface area (Å²) in [6, 6.07) is 13.9. The number of carbonyl (C=O) groups is 3. The summed E-state index contributed by atoms with van der Waals surface area (Å²) in [5.41, 5.74) is 2.27. The number of nitrogens with zero attached hydrogens (tertiary/aromatic N) is 2. The van der Waals surface area contributed by atoms with Gasteiger partial charge in [0.05, 0.1) is 10.6 Å². The van der Waals surface area contributed by atoms with Crippen molar-refractivity contribution in [2.75, 3.05) is 26.2 Å². The molecule has 2 heterocycles. The van der Waals surface area contributed by atoms with E-state index in [9.17, 15) is 14.4 Å². The minimum absolute atomic E-state index is 0.149. The number of amides is 3. The Labute approximate surface area is 203 Å². The van der Waals surface area contributed by atoms with E-state index in [0.29, 0.717) is 43.2 Å². The summed E-state index contributed by atoms with van der Waals surface area (Å²) < 4.78 is 0. The highest BCUT2D eigenvalue weighted by Gasteiger charge is 2.36. The van der Waals surface area contributed by atoms with E-state index in [1.54, 1.807) is 29.2 Å². The van der Waals surface area contributed by atoms with Gasteiger partial charge in [-0.3, -0.25) is 14.4 Å². The van der Waals surface area contributed by atoms with Gasteiger partial charge in [0.1, 0.15) is 6.04 Å². The first-order valence-electron chi connectivity index (χ1n) is 11.7. The lowest BCUT2D eigenvalue weighted by molar-refractivity contribution is -0.141. The molecule has 1 atom stereocenters. The van der Waals surface area contributed by atoms with Gasteiger partial charge in [0.25, 0.3) is 5.91 Å². The lowest BCUT2D eigenvalue weighted by atomic mass is 10.0. The SMILES string of the molecule is O=C(N[C@@H](Cc1c[nH]c2ccccc12)C(=O)N1CCN(C(=O)C2CC2)CC1)c1ccccc1Cl. The molecule has 5 rings (SSSR count). The van der Waals surface area contributed by atoms with Gasteiger partial charge >= 0.3 is 0 Å². The number of aromatic amines is 1. The third kappa shape index (κ3) is 4.66. The van der Waals surface area contributed by atoms with Crippen LogP contribution >= 0.6 is 11.6 Å². The Morgan fingerprint density at radius 3 is 2.38 bits per heavy atom. The highest BCUT2D eigenvalue weighted by molar-refractivity contribution is 6.33. The zero-order valence-corrected chi connectivity index (χ0v) is 19.6. The van der Waals surface area contributed by atoms with Gasteiger partial charge in [-0.05, 0) is 36.6 Å². The Hall–Kier alpha value is -3.32. The highest BCUT2D eigenvalue weighted by atomic mass is 35.5. The van der Waals surface area contributed by atoms with Gasteiger partial charge < -0.3 is 20.1 Å². The van der Waals surface area contributed by atoms with E-state index in [0.717, 1.165) is 29.3 Å². The molecule has 2 aromatic carbocycles. The van der Waals surface area contributed by atoms with Crippen LogP contribution in [0.4, 0.5) is 0 Å². The van der Waals surface area contributed by atoms with Crippen LogP contribution < -0.4 is 5.32 Å². The van der Waals surface area contributed by atoms with Crippen molar-refractivity contribution in [3.05, 3.63) is 70.9 Å². The topological polar surface area (TPSA) is 85.5 Å². The maximum absolute atomic E-state index is 13.6. The summed E-state index contributed by atoms with van der Waals surface area (Å²) >= 11 is 6.23. The molecule has 0 unspecified atom stereocenters. The van der Waals surface area contributed by atoms with Crippen LogP contribution in [0.2, 0.25) is 5.02 Å².